The van der Waals surface area contributed by atoms with Crippen molar-refractivity contribution in [2.24, 2.45) is 16.5 Å². The summed E-state index contributed by atoms with van der Waals surface area (Å²) < 4.78 is 10.9. The van der Waals surface area contributed by atoms with E-state index in [1.54, 1.807) is 19.1 Å². The third-order valence-corrected chi connectivity index (χ3v) is 4.08. The third kappa shape index (κ3) is 2.47. The summed E-state index contributed by atoms with van der Waals surface area (Å²) in [6.45, 7) is 0. The van der Waals surface area contributed by atoms with Gasteiger partial charge in [0.25, 0.3) is 0 Å². The van der Waals surface area contributed by atoms with Gasteiger partial charge in [0.15, 0.2) is 5.96 Å². The Morgan fingerprint density at radius 3 is 2.35 bits per heavy atom. The summed E-state index contributed by atoms with van der Waals surface area (Å²) in [5.74, 6) is 1.87. The molecule has 0 aromatic heterocycles. The number of ether oxygens (including phenoxy) is 2. The Balaban J connectivity index is 2.17. The van der Waals surface area contributed by atoms with E-state index >= 15 is 0 Å². The molecule has 23 heavy (non-hydrogen) atoms. The summed E-state index contributed by atoms with van der Waals surface area (Å²) in [6, 6.07) is 11.6. The van der Waals surface area contributed by atoms with Gasteiger partial charge in [-0.2, -0.15) is 0 Å². The molecule has 2 aromatic rings. The molecular weight excluding hydrogens is 292 g/mol. The Morgan fingerprint density at radius 2 is 1.74 bits per heavy atom. The molecule has 4 N–H and O–H groups in total. The lowest BCUT2D eigenvalue weighted by molar-refractivity contribution is 0.375. The molecule has 120 valence electrons. The predicted molar refractivity (Wildman–Crippen MR) is 91.0 cm³/mol. The van der Waals surface area contributed by atoms with Crippen molar-refractivity contribution in [1.82, 2.24) is 4.90 Å². The molecule has 0 bridgehead atoms. The van der Waals surface area contributed by atoms with Crippen LogP contribution in [0.3, 0.4) is 0 Å². The second-order valence-corrected chi connectivity index (χ2v) is 5.34. The quantitative estimate of drug-likeness (QED) is 0.907. The van der Waals surface area contributed by atoms with Crippen LogP contribution in [-0.4, -0.2) is 32.1 Å². The number of guanidine groups is 1. The Morgan fingerprint density at radius 1 is 1.09 bits per heavy atom. The van der Waals surface area contributed by atoms with Crippen LogP contribution in [0.2, 0.25) is 0 Å². The van der Waals surface area contributed by atoms with Crippen LogP contribution in [0.4, 0.5) is 5.69 Å². The molecule has 0 spiro atoms. The molecule has 2 aromatic carbocycles. The molecule has 0 saturated heterocycles. The highest BCUT2D eigenvalue weighted by Gasteiger charge is 2.23. The van der Waals surface area contributed by atoms with E-state index in [2.05, 4.69) is 4.99 Å². The maximum absolute atomic E-state index is 6.20. The highest BCUT2D eigenvalue weighted by atomic mass is 16.5. The average molecular weight is 312 g/mol. The van der Waals surface area contributed by atoms with E-state index in [1.807, 2.05) is 43.4 Å². The molecule has 0 aliphatic carbocycles. The number of nitrogens with two attached hydrogens (primary N) is 2. The first-order valence-corrected chi connectivity index (χ1v) is 7.24. The average Bonchev–Trinajstić information content (AvgIpc) is 2.58. The van der Waals surface area contributed by atoms with E-state index in [4.69, 9.17) is 20.9 Å². The summed E-state index contributed by atoms with van der Waals surface area (Å²) in [7, 11) is 5.10. The first-order chi connectivity index (χ1) is 11.1. The van der Waals surface area contributed by atoms with Crippen LogP contribution in [0, 0.1) is 0 Å². The monoisotopic (exact) mass is 312 g/mol. The van der Waals surface area contributed by atoms with E-state index in [0.29, 0.717) is 5.96 Å². The second kappa shape index (κ2) is 5.81. The van der Waals surface area contributed by atoms with Gasteiger partial charge in [-0.25, -0.2) is 4.99 Å². The van der Waals surface area contributed by atoms with E-state index in [0.717, 1.165) is 33.9 Å². The van der Waals surface area contributed by atoms with Crippen molar-refractivity contribution in [2.45, 2.75) is 6.17 Å². The maximum Gasteiger partial charge on any atom is 0.197 e. The van der Waals surface area contributed by atoms with Gasteiger partial charge in [-0.3, -0.25) is 0 Å². The van der Waals surface area contributed by atoms with Crippen LogP contribution < -0.4 is 20.9 Å². The number of hydrogen-bond donors (Lipinski definition) is 2. The zero-order valence-electron chi connectivity index (χ0n) is 13.4. The summed E-state index contributed by atoms with van der Waals surface area (Å²) >= 11 is 0. The van der Waals surface area contributed by atoms with Gasteiger partial charge in [-0.1, -0.05) is 18.2 Å². The van der Waals surface area contributed by atoms with Gasteiger partial charge >= 0.3 is 0 Å². The third-order valence-electron chi connectivity index (χ3n) is 4.08. The zero-order chi connectivity index (χ0) is 16.6. The molecule has 0 radical (unpaired) electrons. The largest absolute Gasteiger partial charge is 0.496 e. The van der Waals surface area contributed by atoms with Gasteiger partial charge in [-0.05, 0) is 23.8 Å². The SMILES string of the molecule is COc1cccc(OC)c1-c1ccc2c(c1)N=C(N)N(C)C2N. The van der Waals surface area contributed by atoms with Crippen LogP contribution in [-0.2, 0) is 0 Å². The van der Waals surface area contributed by atoms with Crippen LogP contribution >= 0.6 is 0 Å². The van der Waals surface area contributed by atoms with Crippen molar-refractivity contribution in [3.8, 4) is 22.6 Å². The lowest BCUT2D eigenvalue weighted by Gasteiger charge is -2.31. The molecule has 1 unspecified atom stereocenters. The van der Waals surface area contributed by atoms with Crippen LogP contribution in [0.5, 0.6) is 11.5 Å². The Kier molecular flexibility index (Phi) is 3.83. The van der Waals surface area contributed by atoms with Crippen molar-refractivity contribution in [3.05, 3.63) is 42.0 Å². The number of hydrogen-bond acceptors (Lipinski definition) is 6. The molecule has 1 aliphatic heterocycles. The topological polar surface area (TPSA) is 86.1 Å². The molecule has 1 heterocycles. The summed E-state index contributed by atoms with van der Waals surface area (Å²) in [4.78, 5) is 6.17. The molecule has 1 atom stereocenters. The minimum absolute atomic E-state index is 0.309. The van der Waals surface area contributed by atoms with Crippen LogP contribution in [0.15, 0.2) is 41.4 Å². The smallest absolute Gasteiger partial charge is 0.197 e. The van der Waals surface area contributed by atoms with Gasteiger partial charge in [0.05, 0.1) is 25.5 Å². The Bertz CT molecular complexity index is 751. The number of fused-ring (bicyclic) bond motifs is 1. The lowest BCUT2D eigenvalue weighted by atomic mass is 9.98. The predicted octanol–water partition coefficient (Wildman–Crippen LogP) is 2.22. The fourth-order valence-corrected chi connectivity index (χ4v) is 2.74. The van der Waals surface area contributed by atoms with Crippen molar-refractivity contribution in [3.63, 3.8) is 0 Å². The van der Waals surface area contributed by atoms with Crippen LogP contribution in [0.1, 0.15) is 11.7 Å². The molecule has 6 heteroatoms. The van der Waals surface area contributed by atoms with E-state index in [9.17, 15) is 0 Å². The molecule has 0 amide bonds. The highest BCUT2D eigenvalue weighted by molar-refractivity contribution is 5.86. The fraction of sp³-hybridized carbons (Fsp3) is 0.235. The maximum atomic E-state index is 6.20. The number of rotatable bonds is 3. The van der Waals surface area contributed by atoms with E-state index < -0.39 is 0 Å². The molecule has 6 nitrogen and oxygen atoms in total. The van der Waals surface area contributed by atoms with Gasteiger partial charge < -0.3 is 25.8 Å². The lowest BCUT2D eigenvalue weighted by Crippen LogP contribution is -2.42. The van der Waals surface area contributed by atoms with Gasteiger partial charge in [0.2, 0.25) is 0 Å². The van der Waals surface area contributed by atoms with Crippen molar-refractivity contribution >= 4 is 11.6 Å². The van der Waals surface area contributed by atoms with Crippen molar-refractivity contribution in [1.29, 1.82) is 0 Å². The number of methoxy groups -OCH3 is 2. The van der Waals surface area contributed by atoms with Crippen molar-refractivity contribution in [2.75, 3.05) is 21.3 Å². The second-order valence-electron chi connectivity index (χ2n) is 5.34. The summed E-state index contributed by atoms with van der Waals surface area (Å²) in [6.07, 6.45) is -0.309. The van der Waals surface area contributed by atoms with E-state index in [1.165, 1.54) is 0 Å². The van der Waals surface area contributed by atoms with Gasteiger partial charge in [0.1, 0.15) is 17.7 Å². The summed E-state index contributed by atoms with van der Waals surface area (Å²) in [5, 5.41) is 0. The molecular formula is C17H20N4O2. The Hall–Kier alpha value is -2.73. The minimum Gasteiger partial charge on any atom is -0.496 e. The zero-order valence-corrected chi connectivity index (χ0v) is 13.4. The van der Waals surface area contributed by atoms with Crippen molar-refractivity contribution < 1.29 is 9.47 Å². The fourth-order valence-electron chi connectivity index (χ4n) is 2.74. The highest BCUT2D eigenvalue weighted by Crippen LogP contribution is 2.41. The molecule has 0 saturated carbocycles. The first kappa shape index (κ1) is 15.2. The van der Waals surface area contributed by atoms with Gasteiger partial charge in [0, 0.05) is 12.6 Å². The minimum atomic E-state index is -0.309. The van der Waals surface area contributed by atoms with E-state index in [-0.39, 0.29) is 6.17 Å². The first-order valence-electron chi connectivity index (χ1n) is 7.24. The molecule has 1 aliphatic rings. The van der Waals surface area contributed by atoms with Crippen LogP contribution in [0.25, 0.3) is 11.1 Å². The normalized spacial score (nSPS) is 16.6. The number of nitrogens with zero attached hydrogens (tertiary/aromatic N) is 2. The standard InChI is InChI=1S/C17H20N4O2/c1-21-16(18)11-8-7-10(9-12(11)20-17(21)19)15-13(22-2)5-4-6-14(15)23-3/h4-9,16H,18H2,1-3H3,(H2,19,20). The Labute approximate surface area is 135 Å². The summed E-state index contributed by atoms with van der Waals surface area (Å²) in [5.41, 5.74) is 15.6. The van der Waals surface area contributed by atoms with Gasteiger partial charge in [-0.15, -0.1) is 0 Å². The molecule has 0 fully saturated rings. The molecule has 3 rings (SSSR count). The number of benzene rings is 2. The number of aliphatic imine (C=N–C) groups is 1.